The molecule has 102 valence electrons. The van der Waals surface area contributed by atoms with E-state index in [0.717, 1.165) is 4.88 Å². The van der Waals surface area contributed by atoms with Gasteiger partial charge in [0.1, 0.15) is 0 Å². The van der Waals surface area contributed by atoms with Crippen LogP contribution < -0.4 is 4.72 Å². The van der Waals surface area contributed by atoms with Crippen LogP contribution in [0.15, 0.2) is 17.5 Å². The number of nitrogens with one attached hydrogen (secondary N) is 1. The zero-order valence-electron chi connectivity index (χ0n) is 9.73. The molecule has 1 heterocycles. The second-order valence-electron chi connectivity index (χ2n) is 4.53. The van der Waals surface area contributed by atoms with Crippen molar-refractivity contribution in [3.05, 3.63) is 22.4 Å². The van der Waals surface area contributed by atoms with Gasteiger partial charge >= 0.3 is 0 Å². The minimum Gasteiger partial charge on any atom is -0.212 e. The summed E-state index contributed by atoms with van der Waals surface area (Å²) in [5.74, 6) is -4.36. The lowest BCUT2D eigenvalue weighted by atomic mass is 10.1. The van der Waals surface area contributed by atoms with Gasteiger partial charge in [-0.25, -0.2) is 21.9 Å². The maximum Gasteiger partial charge on any atom is 0.251 e. The number of rotatable bonds is 5. The van der Waals surface area contributed by atoms with E-state index in [1.165, 1.54) is 11.3 Å². The minimum atomic E-state index is -3.64. The maximum atomic E-state index is 13.4. The standard InChI is InChI=1S/C11H15F2NO2S2/c12-11(13)5-1-3-9(11)8-18(15,16)14-7-10-4-2-6-17-10/h2,4,6,9,14H,1,3,5,7-8H2/t9-/m1/s1. The molecule has 1 atom stereocenters. The number of hydrogen-bond acceptors (Lipinski definition) is 3. The third-order valence-corrected chi connectivity index (χ3v) is 5.43. The molecular formula is C11H15F2NO2S2. The second-order valence-corrected chi connectivity index (χ2v) is 7.42. The van der Waals surface area contributed by atoms with Gasteiger partial charge in [0.25, 0.3) is 5.92 Å². The molecule has 1 saturated carbocycles. The van der Waals surface area contributed by atoms with Crippen molar-refractivity contribution in [3.8, 4) is 0 Å². The van der Waals surface area contributed by atoms with Gasteiger partial charge < -0.3 is 0 Å². The fourth-order valence-corrected chi connectivity index (χ4v) is 4.29. The summed E-state index contributed by atoms with van der Waals surface area (Å²) < 4.78 is 52.6. The first kappa shape index (κ1) is 13.9. The van der Waals surface area contributed by atoms with Crippen molar-refractivity contribution in [2.45, 2.75) is 31.7 Å². The lowest BCUT2D eigenvalue weighted by molar-refractivity contribution is -0.0288. The van der Waals surface area contributed by atoms with Crippen LogP contribution in [0.3, 0.4) is 0 Å². The summed E-state index contributed by atoms with van der Waals surface area (Å²) in [4.78, 5) is 0.872. The number of hydrogen-bond donors (Lipinski definition) is 1. The molecule has 0 aliphatic heterocycles. The van der Waals surface area contributed by atoms with E-state index in [-0.39, 0.29) is 19.4 Å². The van der Waals surface area contributed by atoms with Crippen molar-refractivity contribution >= 4 is 21.4 Å². The highest BCUT2D eigenvalue weighted by Crippen LogP contribution is 2.40. The molecule has 1 aliphatic rings. The van der Waals surface area contributed by atoms with E-state index in [1.807, 2.05) is 11.4 Å². The number of sulfonamides is 1. The Balaban J connectivity index is 1.91. The SMILES string of the molecule is O=S(=O)(C[C@H]1CCCC1(F)F)NCc1cccs1. The van der Waals surface area contributed by atoms with Gasteiger partial charge in [-0.3, -0.25) is 0 Å². The summed E-state index contributed by atoms with van der Waals surface area (Å²) >= 11 is 1.43. The van der Waals surface area contributed by atoms with Gasteiger partial charge in [0.05, 0.1) is 5.75 Å². The molecule has 1 aliphatic carbocycles. The summed E-state index contributed by atoms with van der Waals surface area (Å²) in [6.45, 7) is 0.179. The topological polar surface area (TPSA) is 46.2 Å². The normalized spacial score (nSPS) is 23.3. The Morgan fingerprint density at radius 3 is 2.83 bits per heavy atom. The van der Waals surface area contributed by atoms with E-state index in [0.29, 0.717) is 6.42 Å². The van der Waals surface area contributed by atoms with Crippen LogP contribution >= 0.6 is 11.3 Å². The van der Waals surface area contributed by atoms with E-state index in [1.54, 1.807) is 6.07 Å². The highest BCUT2D eigenvalue weighted by Gasteiger charge is 2.45. The molecule has 18 heavy (non-hydrogen) atoms. The Labute approximate surface area is 109 Å². The predicted octanol–water partition coefficient (Wildman–Crippen LogP) is 2.60. The van der Waals surface area contributed by atoms with Crippen molar-refractivity contribution in [1.29, 1.82) is 0 Å². The molecule has 0 amide bonds. The quantitative estimate of drug-likeness (QED) is 0.907. The maximum absolute atomic E-state index is 13.4. The number of alkyl halides is 2. The molecular weight excluding hydrogens is 280 g/mol. The molecule has 0 bridgehead atoms. The summed E-state index contributed by atoms with van der Waals surface area (Å²) in [7, 11) is -3.64. The van der Waals surface area contributed by atoms with Crippen LogP contribution in [0.25, 0.3) is 0 Å². The Morgan fingerprint density at radius 2 is 2.28 bits per heavy atom. The monoisotopic (exact) mass is 295 g/mol. The van der Waals surface area contributed by atoms with Gasteiger partial charge in [-0.05, 0) is 24.3 Å². The zero-order chi connectivity index (χ0) is 13.2. The third kappa shape index (κ3) is 3.49. The first-order chi connectivity index (χ1) is 8.39. The number of thiophene rings is 1. The molecule has 0 spiro atoms. The van der Waals surface area contributed by atoms with Crippen LogP contribution in [0.5, 0.6) is 0 Å². The van der Waals surface area contributed by atoms with Crippen LogP contribution in [0.1, 0.15) is 24.1 Å². The Morgan fingerprint density at radius 1 is 1.50 bits per heavy atom. The molecule has 1 aromatic heterocycles. The molecule has 0 radical (unpaired) electrons. The van der Waals surface area contributed by atoms with Gasteiger partial charge in [0, 0.05) is 23.8 Å². The first-order valence-corrected chi connectivity index (χ1v) is 8.30. The predicted molar refractivity (Wildman–Crippen MR) is 67.2 cm³/mol. The van der Waals surface area contributed by atoms with Crippen LogP contribution in [0, 0.1) is 5.92 Å². The molecule has 2 rings (SSSR count). The summed E-state index contributed by atoms with van der Waals surface area (Å²) in [5, 5.41) is 1.84. The van der Waals surface area contributed by atoms with Gasteiger partial charge in [0.2, 0.25) is 10.0 Å². The van der Waals surface area contributed by atoms with E-state index in [9.17, 15) is 17.2 Å². The highest BCUT2D eigenvalue weighted by molar-refractivity contribution is 7.89. The Bertz CT molecular complexity index is 485. The average Bonchev–Trinajstić information content (AvgIpc) is 2.86. The van der Waals surface area contributed by atoms with Gasteiger partial charge in [-0.2, -0.15) is 0 Å². The lowest BCUT2D eigenvalue weighted by Crippen LogP contribution is -2.34. The molecule has 0 unspecified atom stereocenters. The van der Waals surface area contributed by atoms with E-state index in [2.05, 4.69) is 4.72 Å². The fourth-order valence-electron chi connectivity index (χ4n) is 2.12. The number of halogens is 2. The van der Waals surface area contributed by atoms with Crippen LogP contribution in [0.2, 0.25) is 0 Å². The molecule has 0 saturated heterocycles. The zero-order valence-corrected chi connectivity index (χ0v) is 11.4. The van der Waals surface area contributed by atoms with Crippen molar-refractivity contribution in [2.24, 2.45) is 5.92 Å². The average molecular weight is 295 g/mol. The van der Waals surface area contributed by atoms with Gasteiger partial charge in [-0.15, -0.1) is 11.3 Å². The lowest BCUT2D eigenvalue weighted by Gasteiger charge is -2.18. The molecule has 3 nitrogen and oxygen atoms in total. The summed E-state index contributed by atoms with van der Waals surface area (Å²) in [5.41, 5.74) is 0. The van der Waals surface area contributed by atoms with Crippen LogP contribution in [0.4, 0.5) is 8.78 Å². The second kappa shape index (κ2) is 5.22. The van der Waals surface area contributed by atoms with Crippen LogP contribution in [-0.2, 0) is 16.6 Å². The molecule has 1 fully saturated rings. The smallest absolute Gasteiger partial charge is 0.212 e. The summed E-state index contributed by atoms with van der Waals surface area (Å²) in [6, 6.07) is 3.62. The molecule has 1 aromatic rings. The van der Waals surface area contributed by atoms with E-state index < -0.39 is 27.6 Å². The fraction of sp³-hybridized carbons (Fsp3) is 0.636. The minimum absolute atomic E-state index is 0.179. The van der Waals surface area contributed by atoms with Crippen LogP contribution in [-0.4, -0.2) is 20.1 Å². The van der Waals surface area contributed by atoms with E-state index in [4.69, 9.17) is 0 Å². The van der Waals surface area contributed by atoms with Crippen molar-refractivity contribution in [2.75, 3.05) is 5.75 Å². The highest BCUT2D eigenvalue weighted by atomic mass is 32.2. The third-order valence-electron chi connectivity index (χ3n) is 3.13. The molecule has 0 aromatic carbocycles. The largest absolute Gasteiger partial charge is 0.251 e. The molecule has 7 heteroatoms. The van der Waals surface area contributed by atoms with Crippen molar-refractivity contribution < 1.29 is 17.2 Å². The molecule has 1 N–H and O–H groups in total. The Kier molecular flexibility index (Phi) is 4.03. The first-order valence-electron chi connectivity index (χ1n) is 5.77. The van der Waals surface area contributed by atoms with Gasteiger partial charge in [0.15, 0.2) is 0 Å². The van der Waals surface area contributed by atoms with Crippen molar-refractivity contribution in [1.82, 2.24) is 4.72 Å². The van der Waals surface area contributed by atoms with E-state index >= 15 is 0 Å². The Hall–Kier alpha value is -0.530. The summed E-state index contributed by atoms with van der Waals surface area (Å²) in [6.07, 6.45) is 0.489. The van der Waals surface area contributed by atoms with Crippen molar-refractivity contribution in [3.63, 3.8) is 0 Å². The van der Waals surface area contributed by atoms with Gasteiger partial charge in [-0.1, -0.05) is 6.07 Å².